The number of hydrogen-bond donors (Lipinski definition) is 4. The SMILES string of the molecule is CCc1ccc2c(C(N)=O)c(NC(N)=O)[nH]c2c1C. The summed E-state index contributed by atoms with van der Waals surface area (Å²) in [5.41, 5.74) is 13.7. The van der Waals surface area contributed by atoms with Crippen molar-refractivity contribution in [2.75, 3.05) is 5.32 Å². The van der Waals surface area contributed by atoms with Gasteiger partial charge in [0.1, 0.15) is 5.82 Å². The molecule has 0 radical (unpaired) electrons. The van der Waals surface area contributed by atoms with Crippen LogP contribution < -0.4 is 16.8 Å². The van der Waals surface area contributed by atoms with E-state index in [2.05, 4.69) is 17.2 Å². The summed E-state index contributed by atoms with van der Waals surface area (Å²) in [5, 5.41) is 3.08. The number of rotatable bonds is 3. The lowest BCUT2D eigenvalue weighted by atomic mass is 10.0. The van der Waals surface area contributed by atoms with Crippen molar-refractivity contribution in [3.05, 3.63) is 28.8 Å². The Kier molecular flexibility index (Phi) is 3.16. The summed E-state index contributed by atoms with van der Waals surface area (Å²) in [6, 6.07) is 3.03. The Bertz CT molecular complexity index is 673. The number of benzene rings is 1. The van der Waals surface area contributed by atoms with E-state index >= 15 is 0 Å². The first-order chi connectivity index (χ1) is 8.95. The first-order valence-corrected chi connectivity index (χ1v) is 5.96. The van der Waals surface area contributed by atoms with Gasteiger partial charge in [-0.15, -0.1) is 0 Å². The third kappa shape index (κ3) is 2.12. The van der Waals surface area contributed by atoms with E-state index in [1.165, 1.54) is 0 Å². The second-order valence-corrected chi connectivity index (χ2v) is 4.35. The molecule has 0 bridgehead atoms. The van der Waals surface area contributed by atoms with Crippen LogP contribution in [-0.2, 0) is 6.42 Å². The summed E-state index contributed by atoms with van der Waals surface area (Å²) in [4.78, 5) is 25.5. The van der Waals surface area contributed by atoms with Crippen LogP contribution in [0.2, 0.25) is 0 Å². The number of aromatic nitrogens is 1. The lowest BCUT2D eigenvalue weighted by Crippen LogP contribution is -2.22. The Morgan fingerprint density at radius 1 is 1.32 bits per heavy atom. The molecule has 0 aliphatic heterocycles. The summed E-state index contributed by atoms with van der Waals surface area (Å²) >= 11 is 0. The Hall–Kier alpha value is -2.50. The molecule has 6 N–H and O–H groups in total. The van der Waals surface area contributed by atoms with Crippen LogP contribution in [0.3, 0.4) is 0 Å². The Morgan fingerprint density at radius 2 is 2.00 bits per heavy atom. The van der Waals surface area contributed by atoms with E-state index in [1.807, 2.05) is 19.1 Å². The minimum absolute atomic E-state index is 0.242. The van der Waals surface area contributed by atoms with Gasteiger partial charge in [0.25, 0.3) is 5.91 Å². The molecule has 2 rings (SSSR count). The van der Waals surface area contributed by atoms with Gasteiger partial charge < -0.3 is 16.5 Å². The van der Waals surface area contributed by atoms with Crippen molar-refractivity contribution in [1.29, 1.82) is 0 Å². The second kappa shape index (κ2) is 4.64. The van der Waals surface area contributed by atoms with Gasteiger partial charge in [0.05, 0.1) is 11.1 Å². The summed E-state index contributed by atoms with van der Waals surface area (Å²) in [6.07, 6.45) is 0.880. The third-order valence-electron chi connectivity index (χ3n) is 3.22. The molecule has 1 aromatic carbocycles. The van der Waals surface area contributed by atoms with E-state index in [-0.39, 0.29) is 11.4 Å². The number of amides is 3. The molecule has 0 spiro atoms. The van der Waals surface area contributed by atoms with Gasteiger partial charge in [-0.1, -0.05) is 19.1 Å². The number of nitrogens with two attached hydrogens (primary N) is 2. The normalized spacial score (nSPS) is 10.6. The highest BCUT2D eigenvalue weighted by atomic mass is 16.2. The zero-order valence-electron chi connectivity index (χ0n) is 10.8. The van der Waals surface area contributed by atoms with Crippen LogP contribution in [0.5, 0.6) is 0 Å². The largest absolute Gasteiger partial charge is 0.365 e. The molecule has 0 saturated heterocycles. The van der Waals surface area contributed by atoms with Crippen molar-refractivity contribution in [1.82, 2.24) is 4.98 Å². The van der Waals surface area contributed by atoms with Gasteiger partial charge in [0.2, 0.25) is 0 Å². The summed E-state index contributed by atoms with van der Waals surface area (Å²) < 4.78 is 0. The molecule has 100 valence electrons. The molecule has 19 heavy (non-hydrogen) atoms. The summed E-state index contributed by atoms with van der Waals surface area (Å²) in [6.45, 7) is 4.01. The molecular weight excluding hydrogens is 244 g/mol. The van der Waals surface area contributed by atoms with Gasteiger partial charge >= 0.3 is 6.03 Å². The zero-order chi connectivity index (χ0) is 14.2. The van der Waals surface area contributed by atoms with Crippen molar-refractivity contribution in [2.45, 2.75) is 20.3 Å². The highest BCUT2D eigenvalue weighted by Crippen LogP contribution is 2.30. The first kappa shape index (κ1) is 12.9. The Balaban J connectivity index is 2.76. The van der Waals surface area contributed by atoms with Crippen LogP contribution in [0.25, 0.3) is 10.9 Å². The molecule has 1 aromatic heterocycles. The maximum atomic E-state index is 11.6. The van der Waals surface area contributed by atoms with Gasteiger partial charge in [-0.05, 0) is 24.5 Å². The molecule has 0 saturated carbocycles. The fraction of sp³-hybridized carbons (Fsp3) is 0.231. The van der Waals surface area contributed by atoms with E-state index in [0.29, 0.717) is 5.39 Å². The average Bonchev–Trinajstić information content (AvgIpc) is 2.67. The third-order valence-corrected chi connectivity index (χ3v) is 3.22. The smallest absolute Gasteiger partial charge is 0.317 e. The number of fused-ring (bicyclic) bond motifs is 1. The average molecular weight is 260 g/mol. The fourth-order valence-electron chi connectivity index (χ4n) is 2.30. The molecule has 6 nitrogen and oxygen atoms in total. The first-order valence-electron chi connectivity index (χ1n) is 5.96. The topological polar surface area (TPSA) is 114 Å². The number of carbonyl (C=O) groups excluding carboxylic acids is 2. The predicted octanol–water partition coefficient (Wildman–Crippen LogP) is 1.63. The van der Waals surface area contributed by atoms with Gasteiger partial charge in [0, 0.05) is 5.39 Å². The molecule has 0 aliphatic rings. The minimum atomic E-state index is -0.748. The molecule has 0 aliphatic carbocycles. The standard InChI is InChI=1S/C13H16N4O2/c1-3-7-4-5-8-9(11(14)18)12(17-13(15)19)16-10(8)6(7)2/h4-5,16H,3H2,1-2H3,(H2,14,18)(H3,15,17,19). The number of aryl methyl sites for hydroxylation is 2. The van der Waals surface area contributed by atoms with Crippen molar-refractivity contribution >= 4 is 28.7 Å². The molecule has 0 fully saturated rings. The van der Waals surface area contributed by atoms with Crippen molar-refractivity contribution in [3.8, 4) is 0 Å². The van der Waals surface area contributed by atoms with Crippen LogP contribution in [0, 0.1) is 6.92 Å². The highest BCUT2D eigenvalue weighted by molar-refractivity contribution is 6.13. The zero-order valence-corrected chi connectivity index (χ0v) is 10.8. The van der Waals surface area contributed by atoms with Crippen molar-refractivity contribution in [3.63, 3.8) is 0 Å². The van der Waals surface area contributed by atoms with E-state index in [1.54, 1.807) is 0 Å². The second-order valence-electron chi connectivity index (χ2n) is 4.35. The number of anilines is 1. The lowest BCUT2D eigenvalue weighted by Gasteiger charge is -2.03. The quantitative estimate of drug-likeness (QED) is 0.671. The van der Waals surface area contributed by atoms with Crippen molar-refractivity contribution in [2.24, 2.45) is 11.5 Å². The van der Waals surface area contributed by atoms with E-state index in [4.69, 9.17) is 11.5 Å². The maximum absolute atomic E-state index is 11.6. The summed E-state index contributed by atoms with van der Waals surface area (Å²) in [7, 11) is 0. The van der Waals surface area contributed by atoms with E-state index < -0.39 is 11.9 Å². The predicted molar refractivity (Wildman–Crippen MR) is 74.1 cm³/mol. The van der Waals surface area contributed by atoms with E-state index in [0.717, 1.165) is 23.1 Å². The van der Waals surface area contributed by atoms with Crippen LogP contribution in [0.15, 0.2) is 12.1 Å². The Morgan fingerprint density at radius 3 is 2.53 bits per heavy atom. The lowest BCUT2D eigenvalue weighted by molar-refractivity contribution is 0.100. The molecule has 1 heterocycles. The van der Waals surface area contributed by atoms with Crippen molar-refractivity contribution < 1.29 is 9.59 Å². The number of carbonyl (C=O) groups is 2. The van der Waals surface area contributed by atoms with Crippen LogP contribution in [0.1, 0.15) is 28.4 Å². The molecule has 2 aromatic rings. The number of nitrogens with one attached hydrogen (secondary N) is 2. The number of H-pyrrole nitrogens is 1. The van der Waals surface area contributed by atoms with Crippen LogP contribution in [0.4, 0.5) is 10.6 Å². The van der Waals surface area contributed by atoms with Gasteiger partial charge in [-0.25, -0.2) is 4.79 Å². The van der Waals surface area contributed by atoms with Gasteiger partial charge in [-0.2, -0.15) is 0 Å². The molecule has 0 unspecified atom stereocenters. The van der Waals surface area contributed by atoms with Crippen LogP contribution in [-0.4, -0.2) is 16.9 Å². The molecule has 3 amide bonds. The molecule has 6 heteroatoms. The highest BCUT2D eigenvalue weighted by Gasteiger charge is 2.19. The van der Waals surface area contributed by atoms with Gasteiger partial charge in [0.15, 0.2) is 0 Å². The Labute approximate surface area is 110 Å². The molecular formula is C13H16N4O2. The number of hydrogen-bond acceptors (Lipinski definition) is 2. The minimum Gasteiger partial charge on any atom is -0.365 e. The van der Waals surface area contributed by atoms with Crippen LogP contribution >= 0.6 is 0 Å². The molecule has 0 atom stereocenters. The van der Waals surface area contributed by atoms with Gasteiger partial charge in [-0.3, -0.25) is 10.1 Å². The monoisotopic (exact) mass is 260 g/mol. The van der Waals surface area contributed by atoms with E-state index in [9.17, 15) is 9.59 Å². The maximum Gasteiger partial charge on any atom is 0.317 e. The summed E-state index contributed by atoms with van der Waals surface area (Å²) in [5.74, 6) is -0.370. The number of aromatic amines is 1. The number of urea groups is 1. The number of primary amides is 2. The fourth-order valence-corrected chi connectivity index (χ4v) is 2.30.